The molecule has 0 unspecified atom stereocenters. The standard InChI is InChI=1S/C24H19F2N3O3SSe/c25-16-6-5-13-15(20(16)26)11-33-18-4-2-1-3-14(18)21(13)29-19-12-34-10-9-27(19)24(32)22-23(31)17(30)7-8-28(22)29/h1-8,19,21,31H,9-12H2/t19-,21+/m1/s1. The van der Waals surface area contributed by atoms with Crippen LogP contribution >= 0.6 is 11.8 Å². The van der Waals surface area contributed by atoms with Crippen molar-refractivity contribution in [2.75, 3.05) is 11.6 Å². The number of halogens is 2. The summed E-state index contributed by atoms with van der Waals surface area (Å²) >= 11 is 1.73. The summed E-state index contributed by atoms with van der Waals surface area (Å²) in [7, 11) is 0. The molecule has 3 aliphatic rings. The quantitative estimate of drug-likeness (QED) is 0.474. The van der Waals surface area contributed by atoms with Gasteiger partial charge in [-0.15, -0.1) is 0 Å². The number of thioether (sulfide) groups is 1. The number of aromatic nitrogens is 1. The Kier molecular flexibility index (Phi) is 5.20. The minimum atomic E-state index is -0.901. The van der Waals surface area contributed by atoms with E-state index in [-0.39, 0.29) is 38.1 Å². The minimum absolute atomic E-state index is 0.100. The molecule has 3 aliphatic heterocycles. The molecule has 34 heavy (non-hydrogen) atoms. The van der Waals surface area contributed by atoms with Gasteiger partial charge in [0.1, 0.15) is 0 Å². The van der Waals surface area contributed by atoms with Gasteiger partial charge in [0.05, 0.1) is 0 Å². The number of aromatic hydroxyl groups is 1. The molecule has 0 aliphatic carbocycles. The van der Waals surface area contributed by atoms with E-state index in [9.17, 15) is 19.1 Å². The summed E-state index contributed by atoms with van der Waals surface area (Å²) in [5.41, 5.74) is 1.05. The topological polar surface area (TPSA) is 65.8 Å². The van der Waals surface area contributed by atoms with Gasteiger partial charge in [0, 0.05) is 0 Å². The van der Waals surface area contributed by atoms with Crippen LogP contribution in [0.4, 0.5) is 8.78 Å². The zero-order valence-electron chi connectivity index (χ0n) is 17.8. The summed E-state index contributed by atoms with van der Waals surface area (Å²) in [6.45, 7) is 0.510. The molecule has 6 rings (SSSR count). The van der Waals surface area contributed by atoms with Gasteiger partial charge < -0.3 is 0 Å². The number of benzene rings is 2. The fourth-order valence-corrected chi connectivity index (χ4v) is 8.27. The Balaban J connectivity index is 1.67. The Hall–Kier alpha value is -2.81. The fraction of sp³-hybridized carbons (Fsp3) is 0.250. The predicted molar refractivity (Wildman–Crippen MR) is 125 cm³/mol. The van der Waals surface area contributed by atoms with Crippen molar-refractivity contribution in [1.29, 1.82) is 0 Å². The summed E-state index contributed by atoms with van der Waals surface area (Å²) < 4.78 is 30.9. The Labute approximate surface area is 204 Å². The third kappa shape index (κ3) is 3.12. The van der Waals surface area contributed by atoms with E-state index >= 15 is 4.39 Å². The fourth-order valence-electron chi connectivity index (χ4n) is 4.98. The molecule has 1 amide bonds. The van der Waals surface area contributed by atoms with Crippen LogP contribution in [0.5, 0.6) is 5.75 Å². The second kappa shape index (κ2) is 8.15. The zero-order chi connectivity index (χ0) is 23.6. The molecular formula is C24H19F2N3O3SSe. The first-order valence-corrected chi connectivity index (χ1v) is 14.2. The summed E-state index contributed by atoms with van der Waals surface area (Å²) in [6, 6.07) is 11.1. The first kappa shape index (κ1) is 21.7. The first-order valence-electron chi connectivity index (χ1n) is 10.8. The number of carbonyl (C=O) groups excluding carboxylic acids is 1. The van der Waals surface area contributed by atoms with Crippen LogP contribution in [-0.4, -0.2) is 48.3 Å². The molecule has 0 saturated carbocycles. The summed E-state index contributed by atoms with van der Waals surface area (Å²) in [5, 5.41) is 14.2. The first-order chi connectivity index (χ1) is 16.5. The van der Waals surface area contributed by atoms with Crippen molar-refractivity contribution >= 4 is 32.6 Å². The van der Waals surface area contributed by atoms with E-state index in [4.69, 9.17) is 0 Å². The van der Waals surface area contributed by atoms with Crippen LogP contribution < -0.4 is 10.4 Å². The number of carbonyl (C=O) groups is 1. The van der Waals surface area contributed by atoms with Gasteiger partial charge in [0.25, 0.3) is 0 Å². The van der Waals surface area contributed by atoms with Gasteiger partial charge in [-0.05, 0) is 0 Å². The second-order valence-electron chi connectivity index (χ2n) is 8.31. The molecule has 0 radical (unpaired) electrons. The second-order valence-corrected chi connectivity index (χ2v) is 11.7. The number of amides is 1. The van der Waals surface area contributed by atoms with Gasteiger partial charge in [-0.1, -0.05) is 0 Å². The van der Waals surface area contributed by atoms with E-state index in [2.05, 4.69) is 0 Å². The molecule has 1 aromatic heterocycles. The monoisotopic (exact) mass is 547 g/mol. The number of hydrogen-bond acceptors (Lipinski definition) is 5. The van der Waals surface area contributed by atoms with Gasteiger partial charge in [-0.2, -0.15) is 0 Å². The average Bonchev–Trinajstić information content (AvgIpc) is 3.01. The Bertz CT molecular complexity index is 1400. The predicted octanol–water partition coefficient (Wildman–Crippen LogP) is 3.50. The SMILES string of the molecule is O=C1c2c(O)c(=O)ccn2N([C@@H]2c3ccccc3SCc3c2ccc(F)c3F)[C@@H]2C[Se]CCN12. The van der Waals surface area contributed by atoms with Crippen molar-refractivity contribution in [3.8, 4) is 5.75 Å². The maximum atomic E-state index is 15.1. The van der Waals surface area contributed by atoms with Crippen molar-refractivity contribution in [3.63, 3.8) is 0 Å². The number of fused-ring (bicyclic) bond motifs is 4. The molecule has 0 bridgehead atoms. The van der Waals surface area contributed by atoms with Gasteiger partial charge in [0.15, 0.2) is 0 Å². The molecular weight excluding hydrogens is 527 g/mol. The van der Waals surface area contributed by atoms with Crippen LogP contribution in [0.15, 0.2) is 58.4 Å². The molecule has 3 aromatic rings. The van der Waals surface area contributed by atoms with Crippen molar-refractivity contribution < 1.29 is 18.7 Å². The van der Waals surface area contributed by atoms with Crippen molar-refractivity contribution in [2.45, 2.75) is 33.5 Å². The van der Waals surface area contributed by atoms with E-state index in [1.54, 1.807) is 15.6 Å². The summed E-state index contributed by atoms with van der Waals surface area (Å²) in [6.07, 6.45) is 1.15. The molecule has 0 spiro atoms. The van der Waals surface area contributed by atoms with Crippen molar-refractivity contribution in [3.05, 3.63) is 92.9 Å². The molecule has 4 heterocycles. The van der Waals surface area contributed by atoms with Gasteiger partial charge in [0.2, 0.25) is 0 Å². The number of hydrogen-bond donors (Lipinski definition) is 1. The van der Waals surface area contributed by atoms with E-state index in [0.29, 0.717) is 12.1 Å². The summed E-state index contributed by atoms with van der Waals surface area (Å²) in [5.74, 6) is -2.51. The number of rotatable bonds is 1. The van der Waals surface area contributed by atoms with Crippen LogP contribution in [0.1, 0.15) is 33.2 Å². The van der Waals surface area contributed by atoms with Gasteiger partial charge in [-0.25, -0.2) is 0 Å². The van der Waals surface area contributed by atoms with Crippen LogP contribution in [0, 0.1) is 11.6 Å². The third-order valence-corrected chi connectivity index (χ3v) is 9.78. The van der Waals surface area contributed by atoms with Crippen molar-refractivity contribution in [2.24, 2.45) is 0 Å². The molecule has 1 N–H and O–H groups in total. The van der Waals surface area contributed by atoms with Crippen LogP contribution in [-0.2, 0) is 5.75 Å². The summed E-state index contributed by atoms with van der Waals surface area (Å²) in [4.78, 5) is 28.3. The van der Waals surface area contributed by atoms with Crippen molar-refractivity contribution in [1.82, 2.24) is 9.58 Å². The van der Waals surface area contributed by atoms with Gasteiger partial charge in [-0.3, -0.25) is 0 Å². The van der Waals surface area contributed by atoms with E-state index in [0.717, 1.165) is 27.2 Å². The maximum absolute atomic E-state index is 15.1. The van der Waals surface area contributed by atoms with E-state index in [1.807, 2.05) is 29.3 Å². The number of pyridine rings is 1. The molecule has 2 atom stereocenters. The average molecular weight is 546 g/mol. The van der Waals surface area contributed by atoms with Gasteiger partial charge >= 0.3 is 205 Å². The number of nitrogens with zero attached hydrogens (tertiary/aromatic N) is 3. The third-order valence-electron chi connectivity index (χ3n) is 6.55. The normalized spacial score (nSPS) is 21.3. The van der Waals surface area contributed by atoms with E-state index < -0.39 is 34.8 Å². The van der Waals surface area contributed by atoms with E-state index in [1.165, 1.54) is 24.0 Å². The Morgan fingerprint density at radius 1 is 1.06 bits per heavy atom. The Morgan fingerprint density at radius 3 is 2.74 bits per heavy atom. The molecule has 1 fully saturated rings. The van der Waals surface area contributed by atoms with Crippen LogP contribution in [0.2, 0.25) is 10.6 Å². The zero-order valence-corrected chi connectivity index (χ0v) is 20.3. The molecule has 10 heteroatoms. The Morgan fingerprint density at radius 2 is 1.88 bits per heavy atom. The molecule has 2 aromatic carbocycles. The molecule has 174 valence electrons. The van der Waals surface area contributed by atoms with Crippen LogP contribution in [0.3, 0.4) is 0 Å². The molecule has 6 nitrogen and oxygen atoms in total. The molecule has 1 saturated heterocycles. The van der Waals surface area contributed by atoms with Crippen LogP contribution in [0.25, 0.3) is 0 Å².